The second kappa shape index (κ2) is 5.87. The van der Waals surface area contributed by atoms with Gasteiger partial charge in [-0.25, -0.2) is 9.67 Å². The van der Waals surface area contributed by atoms with Crippen molar-refractivity contribution < 1.29 is 0 Å². The van der Waals surface area contributed by atoms with E-state index in [1.54, 1.807) is 11.0 Å². The molecule has 1 heterocycles. The van der Waals surface area contributed by atoms with E-state index in [-0.39, 0.29) is 0 Å². The highest BCUT2D eigenvalue weighted by Crippen LogP contribution is 2.24. The van der Waals surface area contributed by atoms with Crippen molar-refractivity contribution in [3.8, 4) is 5.69 Å². The summed E-state index contributed by atoms with van der Waals surface area (Å²) < 4.78 is 1.73. The first-order chi connectivity index (χ1) is 8.70. The molecule has 1 aromatic carbocycles. The van der Waals surface area contributed by atoms with E-state index in [4.69, 9.17) is 11.6 Å². The molecule has 5 heteroatoms. The van der Waals surface area contributed by atoms with Crippen molar-refractivity contribution in [3.05, 3.63) is 35.9 Å². The first-order valence-electron chi connectivity index (χ1n) is 6.09. The average Bonchev–Trinajstić information content (AvgIpc) is 2.89. The lowest BCUT2D eigenvalue weighted by Crippen LogP contribution is -2.12. The Bertz CT molecular complexity index is 496. The van der Waals surface area contributed by atoms with E-state index in [2.05, 4.69) is 29.2 Å². The van der Waals surface area contributed by atoms with Crippen LogP contribution < -0.4 is 5.32 Å². The maximum Gasteiger partial charge on any atom is 0.138 e. The lowest BCUT2D eigenvalue weighted by Gasteiger charge is -2.15. The number of nitrogens with one attached hydrogen (secondary N) is 1. The van der Waals surface area contributed by atoms with E-state index < -0.39 is 0 Å². The van der Waals surface area contributed by atoms with Crippen molar-refractivity contribution in [2.24, 2.45) is 5.92 Å². The highest BCUT2D eigenvalue weighted by Gasteiger charge is 2.07. The summed E-state index contributed by atoms with van der Waals surface area (Å²) in [5.74, 6) is 0.618. The van der Waals surface area contributed by atoms with Crippen molar-refractivity contribution in [2.45, 2.75) is 20.3 Å². The smallest absolute Gasteiger partial charge is 0.138 e. The molecule has 96 valence electrons. The summed E-state index contributed by atoms with van der Waals surface area (Å²) in [4.78, 5) is 3.96. The molecule has 0 aliphatic heterocycles. The molecule has 0 aliphatic rings. The van der Waals surface area contributed by atoms with Crippen LogP contribution in [-0.4, -0.2) is 21.3 Å². The van der Waals surface area contributed by atoms with Crippen molar-refractivity contribution in [1.29, 1.82) is 0 Å². The molecule has 0 spiro atoms. The second-order valence-electron chi connectivity index (χ2n) is 4.40. The van der Waals surface area contributed by atoms with E-state index in [9.17, 15) is 0 Å². The molecule has 0 saturated heterocycles. The van der Waals surface area contributed by atoms with Gasteiger partial charge >= 0.3 is 0 Å². The minimum atomic E-state index is 0.618. The lowest BCUT2D eigenvalue weighted by atomic mass is 10.1. The third-order valence-corrected chi connectivity index (χ3v) is 3.20. The first kappa shape index (κ1) is 12.9. The molecule has 4 nitrogen and oxygen atoms in total. The molecule has 1 aromatic heterocycles. The number of hydrogen-bond donors (Lipinski definition) is 1. The molecular weight excluding hydrogens is 248 g/mol. The van der Waals surface area contributed by atoms with Crippen molar-refractivity contribution in [2.75, 3.05) is 11.9 Å². The molecule has 0 amide bonds. The molecule has 2 aromatic rings. The van der Waals surface area contributed by atoms with Crippen LogP contribution in [0.25, 0.3) is 5.69 Å². The van der Waals surface area contributed by atoms with Crippen LogP contribution in [-0.2, 0) is 0 Å². The van der Waals surface area contributed by atoms with Crippen LogP contribution >= 0.6 is 11.6 Å². The predicted molar refractivity (Wildman–Crippen MR) is 74.3 cm³/mol. The minimum absolute atomic E-state index is 0.618. The van der Waals surface area contributed by atoms with Gasteiger partial charge in [0.15, 0.2) is 0 Å². The molecular formula is C13H17ClN4. The summed E-state index contributed by atoms with van der Waals surface area (Å²) in [5.41, 5.74) is 1.94. The fourth-order valence-electron chi connectivity index (χ4n) is 1.61. The van der Waals surface area contributed by atoms with Crippen molar-refractivity contribution in [1.82, 2.24) is 14.8 Å². The van der Waals surface area contributed by atoms with Gasteiger partial charge in [0, 0.05) is 11.6 Å². The first-order valence-corrected chi connectivity index (χ1v) is 6.47. The topological polar surface area (TPSA) is 42.7 Å². The van der Waals surface area contributed by atoms with Crippen LogP contribution in [0.5, 0.6) is 0 Å². The molecule has 0 aliphatic carbocycles. The highest BCUT2D eigenvalue weighted by molar-refractivity contribution is 6.31. The maximum atomic E-state index is 6.04. The number of rotatable bonds is 5. The van der Waals surface area contributed by atoms with Crippen LogP contribution in [0.1, 0.15) is 20.3 Å². The Morgan fingerprint density at radius 2 is 2.28 bits per heavy atom. The van der Waals surface area contributed by atoms with Gasteiger partial charge in [-0.1, -0.05) is 31.9 Å². The third-order valence-electron chi connectivity index (χ3n) is 2.96. The Labute approximate surface area is 112 Å². The Kier molecular flexibility index (Phi) is 4.20. The Morgan fingerprint density at radius 3 is 2.94 bits per heavy atom. The molecule has 0 fully saturated rings. The molecule has 0 bridgehead atoms. The van der Waals surface area contributed by atoms with E-state index in [1.165, 1.54) is 6.33 Å². The summed E-state index contributed by atoms with van der Waals surface area (Å²) in [7, 11) is 0. The van der Waals surface area contributed by atoms with Gasteiger partial charge in [-0.3, -0.25) is 0 Å². The summed E-state index contributed by atoms with van der Waals surface area (Å²) >= 11 is 6.04. The van der Waals surface area contributed by atoms with Gasteiger partial charge in [0.1, 0.15) is 12.7 Å². The van der Waals surface area contributed by atoms with Gasteiger partial charge in [0.2, 0.25) is 0 Å². The van der Waals surface area contributed by atoms with Gasteiger partial charge in [0.05, 0.1) is 11.4 Å². The predicted octanol–water partition coefficient (Wildman–Crippen LogP) is 3.38. The quantitative estimate of drug-likeness (QED) is 0.900. The number of nitrogens with zero attached hydrogens (tertiary/aromatic N) is 3. The summed E-state index contributed by atoms with van der Waals surface area (Å²) in [5, 5.41) is 8.28. The van der Waals surface area contributed by atoms with Crippen LogP contribution in [0.15, 0.2) is 30.9 Å². The van der Waals surface area contributed by atoms with Crippen LogP contribution in [0.2, 0.25) is 5.02 Å². The van der Waals surface area contributed by atoms with E-state index >= 15 is 0 Å². The summed E-state index contributed by atoms with van der Waals surface area (Å²) in [6.07, 6.45) is 4.34. The SMILES string of the molecule is CCC(C)CNc1cc(Cl)ccc1-n1cncn1. The number of benzene rings is 1. The van der Waals surface area contributed by atoms with Gasteiger partial charge < -0.3 is 5.32 Å². The monoisotopic (exact) mass is 264 g/mol. The molecule has 0 radical (unpaired) electrons. The van der Waals surface area contributed by atoms with Crippen molar-refractivity contribution in [3.63, 3.8) is 0 Å². The Balaban J connectivity index is 2.24. The zero-order valence-corrected chi connectivity index (χ0v) is 11.4. The van der Waals surface area contributed by atoms with E-state index in [0.717, 1.165) is 24.3 Å². The fourth-order valence-corrected chi connectivity index (χ4v) is 1.78. The van der Waals surface area contributed by atoms with Gasteiger partial charge in [0.25, 0.3) is 0 Å². The fraction of sp³-hybridized carbons (Fsp3) is 0.385. The van der Waals surface area contributed by atoms with Gasteiger partial charge in [-0.15, -0.1) is 0 Å². The molecule has 2 rings (SSSR count). The van der Waals surface area contributed by atoms with Gasteiger partial charge in [-0.2, -0.15) is 5.10 Å². The summed E-state index contributed by atoms with van der Waals surface area (Å²) in [6.45, 7) is 5.31. The second-order valence-corrected chi connectivity index (χ2v) is 4.83. The Hall–Kier alpha value is -1.55. The van der Waals surface area contributed by atoms with Gasteiger partial charge in [-0.05, 0) is 24.1 Å². The number of aromatic nitrogens is 3. The van der Waals surface area contributed by atoms with Crippen molar-refractivity contribution >= 4 is 17.3 Å². The summed E-state index contributed by atoms with van der Waals surface area (Å²) in [6, 6.07) is 5.71. The molecule has 1 N–H and O–H groups in total. The maximum absolute atomic E-state index is 6.04. The minimum Gasteiger partial charge on any atom is -0.383 e. The molecule has 0 saturated carbocycles. The number of halogens is 1. The lowest BCUT2D eigenvalue weighted by molar-refractivity contribution is 0.593. The highest BCUT2D eigenvalue weighted by atomic mass is 35.5. The zero-order chi connectivity index (χ0) is 13.0. The van der Waals surface area contributed by atoms with E-state index in [1.807, 2.05) is 18.2 Å². The standard InChI is InChI=1S/C13H17ClN4/c1-3-10(2)7-16-12-6-11(14)4-5-13(12)18-9-15-8-17-18/h4-6,8-10,16H,3,7H2,1-2H3. The number of anilines is 1. The van der Waals surface area contributed by atoms with Crippen LogP contribution in [0.3, 0.4) is 0 Å². The molecule has 1 unspecified atom stereocenters. The largest absolute Gasteiger partial charge is 0.383 e. The zero-order valence-electron chi connectivity index (χ0n) is 10.6. The van der Waals surface area contributed by atoms with Crippen LogP contribution in [0, 0.1) is 5.92 Å². The Morgan fingerprint density at radius 1 is 1.44 bits per heavy atom. The van der Waals surface area contributed by atoms with Crippen LogP contribution in [0.4, 0.5) is 5.69 Å². The molecule has 18 heavy (non-hydrogen) atoms. The molecule has 1 atom stereocenters. The normalized spacial score (nSPS) is 12.4. The average molecular weight is 265 g/mol. The van der Waals surface area contributed by atoms with E-state index in [0.29, 0.717) is 10.9 Å². The third kappa shape index (κ3) is 3.01. The number of hydrogen-bond acceptors (Lipinski definition) is 3.